The number of nitrogens with zero attached hydrogens (tertiary/aromatic N) is 2. The first-order valence-corrected chi connectivity index (χ1v) is 7.63. The molecule has 0 fully saturated rings. The number of nitro benzene ring substituents is 1. The standard InChI is InChI=1S/C13H7ClN2O3Se/c14-8-1-3-9(4-2-8)15-13(17)11-7-10(16(18)19)5-6-12(11)20-15/h1-7H. The van der Waals surface area contributed by atoms with Crippen LogP contribution in [0, 0.1) is 10.1 Å². The molecular formula is C13H7ClN2O3Se. The molecular weight excluding hydrogens is 347 g/mol. The van der Waals surface area contributed by atoms with Gasteiger partial charge in [-0.2, -0.15) is 0 Å². The van der Waals surface area contributed by atoms with E-state index < -0.39 is 4.92 Å². The van der Waals surface area contributed by atoms with E-state index in [-0.39, 0.29) is 26.0 Å². The van der Waals surface area contributed by atoms with Gasteiger partial charge in [0.2, 0.25) is 0 Å². The third-order valence-corrected chi connectivity index (χ3v) is 5.42. The number of benzene rings is 2. The van der Waals surface area contributed by atoms with E-state index in [1.165, 1.54) is 12.1 Å². The molecule has 0 saturated heterocycles. The average Bonchev–Trinajstić information content (AvgIpc) is 2.76. The zero-order valence-corrected chi connectivity index (χ0v) is 12.4. The van der Waals surface area contributed by atoms with Gasteiger partial charge in [-0.25, -0.2) is 0 Å². The van der Waals surface area contributed by atoms with Crippen LogP contribution in [-0.2, 0) is 0 Å². The van der Waals surface area contributed by atoms with Gasteiger partial charge in [-0.1, -0.05) is 0 Å². The summed E-state index contributed by atoms with van der Waals surface area (Å²) < 4.78 is 2.49. The third-order valence-electron chi connectivity index (χ3n) is 2.84. The first-order chi connectivity index (χ1) is 9.56. The second kappa shape index (κ2) is 4.90. The minimum atomic E-state index is -0.495. The molecule has 5 nitrogen and oxygen atoms in total. The zero-order chi connectivity index (χ0) is 14.3. The van der Waals surface area contributed by atoms with E-state index in [0.29, 0.717) is 10.4 Å². The van der Waals surface area contributed by atoms with Crippen LogP contribution in [0.25, 0.3) is 15.3 Å². The summed E-state index contributed by atoms with van der Waals surface area (Å²) in [5.41, 5.74) is 0.482. The normalized spacial score (nSPS) is 10.8. The molecule has 3 aromatic rings. The van der Waals surface area contributed by atoms with Crippen molar-refractivity contribution in [2.75, 3.05) is 0 Å². The van der Waals surface area contributed by atoms with Gasteiger partial charge in [0, 0.05) is 0 Å². The van der Waals surface area contributed by atoms with Crippen LogP contribution in [0.2, 0.25) is 5.02 Å². The summed E-state index contributed by atoms with van der Waals surface area (Å²) >= 11 is 5.61. The second-order valence-electron chi connectivity index (χ2n) is 4.10. The van der Waals surface area contributed by atoms with E-state index in [2.05, 4.69) is 0 Å². The predicted molar refractivity (Wildman–Crippen MR) is 78.1 cm³/mol. The number of hydrogen-bond donors (Lipinski definition) is 0. The van der Waals surface area contributed by atoms with Crippen molar-refractivity contribution in [2.45, 2.75) is 0 Å². The zero-order valence-electron chi connectivity index (χ0n) is 9.95. The Labute approximate surface area is 124 Å². The SMILES string of the molecule is O=c1c2cc([N+](=O)[O-])ccc2[se]n1-c1ccc(Cl)cc1. The van der Waals surface area contributed by atoms with Gasteiger partial charge in [0.25, 0.3) is 0 Å². The Kier molecular flexibility index (Phi) is 3.22. The quantitative estimate of drug-likeness (QED) is 0.404. The molecule has 0 radical (unpaired) electrons. The molecule has 0 saturated carbocycles. The first kappa shape index (κ1) is 13.1. The molecule has 0 amide bonds. The molecule has 0 aliphatic carbocycles. The Balaban J connectivity index is 2.23. The van der Waals surface area contributed by atoms with Crippen LogP contribution in [0.15, 0.2) is 47.3 Å². The molecule has 0 atom stereocenters. The molecule has 100 valence electrons. The van der Waals surface area contributed by atoms with Crippen LogP contribution in [0.3, 0.4) is 0 Å². The summed E-state index contributed by atoms with van der Waals surface area (Å²) in [5.74, 6) is 0. The fourth-order valence-electron chi connectivity index (χ4n) is 1.87. The second-order valence-corrected chi connectivity index (χ2v) is 6.61. The Morgan fingerprint density at radius 1 is 1.15 bits per heavy atom. The van der Waals surface area contributed by atoms with Crippen LogP contribution >= 0.6 is 11.6 Å². The topological polar surface area (TPSA) is 65.1 Å². The van der Waals surface area contributed by atoms with Crippen molar-refractivity contribution in [1.29, 1.82) is 0 Å². The molecule has 7 heteroatoms. The minimum absolute atomic E-state index is 0.0640. The van der Waals surface area contributed by atoms with Crippen molar-refractivity contribution >= 4 is 41.7 Å². The maximum atomic E-state index is 12.3. The number of nitro groups is 1. The Bertz CT molecular complexity index is 867. The summed E-state index contributed by atoms with van der Waals surface area (Å²) in [5, 5.41) is 11.8. The van der Waals surface area contributed by atoms with Crippen LogP contribution in [0.5, 0.6) is 0 Å². The van der Waals surface area contributed by atoms with Gasteiger partial charge in [-0.15, -0.1) is 0 Å². The van der Waals surface area contributed by atoms with Crippen molar-refractivity contribution in [2.24, 2.45) is 0 Å². The van der Waals surface area contributed by atoms with Crippen molar-refractivity contribution in [3.8, 4) is 5.69 Å². The van der Waals surface area contributed by atoms with Crippen LogP contribution in [0.1, 0.15) is 0 Å². The van der Waals surface area contributed by atoms with E-state index >= 15 is 0 Å². The fraction of sp³-hybridized carbons (Fsp3) is 0. The number of aromatic nitrogens is 1. The molecule has 0 bridgehead atoms. The average molecular weight is 354 g/mol. The van der Waals surface area contributed by atoms with Crippen molar-refractivity contribution in [3.63, 3.8) is 0 Å². The van der Waals surface area contributed by atoms with Gasteiger partial charge in [0.1, 0.15) is 0 Å². The number of rotatable bonds is 2. The Morgan fingerprint density at radius 3 is 2.50 bits per heavy atom. The number of non-ortho nitro benzene ring substituents is 1. The van der Waals surface area contributed by atoms with Gasteiger partial charge in [0.15, 0.2) is 0 Å². The van der Waals surface area contributed by atoms with E-state index in [1.54, 1.807) is 33.9 Å². The molecule has 0 unspecified atom stereocenters. The van der Waals surface area contributed by atoms with Crippen LogP contribution < -0.4 is 5.56 Å². The van der Waals surface area contributed by atoms with Gasteiger partial charge < -0.3 is 0 Å². The molecule has 1 aromatic heterocycles. The van der Waals surface area contributed by atoms with Gasteiger partial charge in [-0.3, -0.25) is 0 Å². The first-order valence-electron chi connectivity index (χ1n) is 5.63. The monoisotopic (exact) mass is 354 g/mol. The molecule has 3 rings (SSSR count). The Hall–Kier alpha value is -1.88. The number of halogens is 1. The molecule has 20 heavy (non-hydrogen) atoms. The summed E-state index contributed by atoms with van der Waals surface area (Å²) in [6.45, 7) is 0. The van der Waals surface area contributed by atoms with Crippen molar-refractivity contribution < 1.29 is 4.92 Å². The van der Waals surface area contributed by atoms with Gasteiger partial charge in [0.05, 0.1) is 0 Å². The molecule has 0 N–H and O–H groups in total. The molecule has 0 spiro atoms. The molecule has 2 aromatic carbocycles. The van der Waals surface area contributed by atoms with E-state index in [9.17, 15) is 14.9 Å². The van der Waals surface area contributed by atoms with Gasteiger partial charge >= 0.3 is 124 Å². The molecule has 1 heterocycles. The van der Waals surface area contributed by atoms with Crippen LogP contribution in [-0.4, -0.2) is 23.2 Å². The molecule has 0 aliphatic rings. The summed E-state index contributed by atoms with van der Waals surface area (Å²) in [4.78, 5) is 22.6. The third kappa shape index (κ3) is 2.18. The predicted octanol–water partition coefficient (Wildman–Crippen LogP) is 2.61. The Morgan fingerprint density at radius 2 is 1.85 bits per heavy atom. The summed E-state index contributed by atoms with van der Waals surface area (Å²) in [7, 11) is 0. The molecule has 0 aliphatic heterocycles. The number of hydrogen-bond acceptors (Lipinski definition) is 3. The van der Waals surface area contributed by atoms with Crippen molar-refractivity contribution in [1.82, 2.24) is 3.56 Å². The van der Waals surface area contributed by atoms with E-state index in [1.807, 2.05) is 0 Å². The van der Waals surface area contributed by atoms with E-state index in [0.717, 1.165) is 9.95 Å². The summed E-state index contributed by atoms with van der Waals surface area (Å²) in [6.07, 6.45) is 0. The van der Waals surface area contributed by atoms with E-state index in [4.69, 9.17) is 11.6 Å². The fourth-order valence-corrected chi connectivity index (χ4v) is 4.05. The summed E-state index contributed by atoms with van der Waals surface area (Å²) in [6, 6.07) is 11.4. The maximum absolute atomic E-state index is 12.3. The van der Waals surface area contributed by atoms with Crippen molar-refractivity contribution in [3.05, 3.63) is 68.0 Å². The van der Waals surface area contributed by atoms with Gasteiger partial charge in [-0.05, 0) is 0 Å². The van der Waals surface area contributed by atoms with Crippen LogP contribution in [0.4, 0.5) is 5.69 Å². The number of fused-ring (bicyclic) bond motifs is 1.